The van der Waals surface area contributed by atoms with E-state index in [4.69, 9.17) is 0 Å². The Balaban J connectivity index is 2.14. The average Bonchev–Trinajstić information content (AvgIpc) is 2.97. The molecule has 1 aromatic heterocycles. The zero-order valence-corrected chi connectivity index (χ0v) is 13.8. The van der Waals surface area contributed by atoms with Gasteiger partial charge in [-0.25, -0.2) is 13.5 Å². The van der Waals surface area contributed by atoms with Crippen molar-refractivity contribution in [3.8, 4) is 22.8 Å². The summed E-state index contributed by atoms with van der Waals surface area (Å²) < 4.78 is 28.9. The first-order valence-electron chi connectivity index (χ1n) is 7.15. The molecule has 0 fully saturated rings. The normalized spacial score (nSPS) is 12.2. The van der Waals surface area contributed by atoms with Crippen molar-refractivity contribution in [3.05, 3.63) is 63.8 Å². The summed E-state index contributed by atoms with van der Waals surface area (Å²) in [5.74, 6) is -1.70. The molecule has 8 heteroatoms. The average molecular weight is 361 g/mol. The topological polar surface area (TPSA) is 70.1 Å². The van der Waals surface area contributed by atoms with E-state index in [-0.39, 0.29) is 17.1 Å². The molecule has 0 unspecified atom stereocenters. The third-order valence-corrected chi connectivity index (χ3v) is 4.34. The molecule has 0 saturated carbocycles. The number of phenols is 2. The van der Waals surface area contributed by atoms with Crippen molar-refractivity contribution in [2.45, 2.75) is 0 Å². The van der Waals surface area contributed by atoms with Crippen LogP contribution < -0.4 is 4.80 Å². The molecule has 0 amide bonds. The van der Waals surface area contributed by atoms with Gasteiger partial charge in [0.2, 0.25) is 4.80 Å². The first-order chi connectivity index (χ1) is 12.0. The molecule has 0 bridgehead atoms. The summed E-state index contributed by atoms with van der Waals surface area (Å²) >= 11 is 1.25. The lowest BCUT2D eigenvalue weighted by molar-refractivity contribution is 0.451. The maximum atomic E-state index is 13.8. The van der Waals surface area contributed by atoms with Crippen LogP contribution in [0.4, 0.5) is 8.78 Å². The lowest BCUT2D eigenvalue weighted by Gasteiger charge is -2.06. The molecular formula is C17H13F2N3O2S. The fourth-order valence-electron chi connectivity index (χ4n) is 2.23. The first kappa shape index (κ1) is 16.8. The summed E-state index contributed by atoms with van der Waals surface area (Å²) in [6.45, 7) is 0. The number of nitrogens with zero attached hydrogens (tertiary/aromatic N) is 3. The lowest BCUT2D eigenvalue weighted by Crippen LogP contribution is -2.12. The predicted octanol–water partition coefficient (Wildman–Crippen LogP) is 3.32. The molecule has 128 valence electrons. The Kier molecular flexibility index (Phi) is 4.62. The van der Waals surface area contributed by atoms with Gasteiger partial charge in [-0.05, 0) is 24.3 Å². The molecule has 0 saturated heterocycles. The summed E-state index contributed by atoms with van der Waals surface area (Å²) in [6, 6.07) is 7.68. The number of halogens is 2. The molecular weight excluding hydrogens is 348 g/mol. The zero-order chi connectivity index (χ0) is 18.0. The van der Waals surface area contributed by atoms with Crippen LogP contribution in [0.5, 0.6) is 11.5 Å². The highest BCUT2D eigenvalue weighted by Crippen LogP contribution is 2.32. The van der Waals surface area contributed by atoms with Crippen molar-refractivity contribution in [1.29, 1.82) is 0 Å². The van der Waals surface area contributed by atoms with Gasteiger partial charge in [0.25, 0.3) is 0 Å². The van der Waals surface area contributed by atoms with Crippen molar-refractivity contribution in [3.63, 3.8) is 0 Å². The molecule has 3 rings (SSSR count). The highest BCUT2D eigenvalue weighted by atomic mass is 32.1. The first-order valence-corrected chi connectivity index (χ1v) is 8.03. The van der Waals surface area contributed by atoms with E-state index >= 15 is 0 Å². The summed E-state index contributed by atoms with van der Waals surface area (Å²) in [5, 5.41) is 25.3. The highest BCUT2D eigenvalue weighted by Gasteiger charge is 2.13. The minimum atomic E-state index is -0.733. The Morgan fingerprint density at radius 2 is 1.84 bits per heavy atom. The minimum Gasteiger partial charge on any atom is -0.508 e. The van der Waals surface area contributed by atoms with Crippen LogP contribution in [0, 0.1) is 11.6 Å². The van der Waals surface area contributed by atoms with Gasteiger partial charge in [0.1, 0.15) is 23.1 Å². The van der Waals surface area contributed by atoms with Crippen LogP contribution in [0.15, 0.2) is 51.9 Å². The second kappa shape index (κ2) is 6.86. The fourth-order valence-corrected chi connectivity index (χ4v) is 3.03. The molecule has 3 aromatic rings. The number of hydrogen-bond donors (Lipinski definition) is 2. The van der Waals surface area contributed by atoms with Crippen LogP contribution in [0.1, 0.15) is 5.56 Å². The molecule has 1 heterocycles. The number of rotatable bonds is 3. The van der Waals surface area contributed by atoms with Gasteiger partial charge in [-0.3, -0.25) is 4.99 Å². The van der Waals surface area contributed by atoms with Crippen LogP contribution in [0.2, 0.25) is 0 Å². The second-order valence-corrected chi connectivity index (χ2v) is 5.86. The summed E-state index contributed by atoms with van der Waals surface area (Å²) in [6.07, 6.45) is 1.06. The summed E-state index contributed by atoms with van der Waals surface area (Å²) in [5.41, 5.74) is 0.593. The van der Waals surface area contributed by atoms with E-state index in [1.807, 2.05) is 0 Å². The van der Waals surface area contributed by atoms with Crippen molar-refractivity contribution in [1.82, 2.24) is 4.68 Å². The Bertz CT molecular complexity index is 1000. The third-order valence-electron chi connectivity index (χ3n) is 3.44. The van der Waals surface area contributed by atoms with Crippen LogP contribution in [0.3, 0.4) is 0 Å². The molecule has 0 spiro atoms. The SMILES string of the molecule is CN=c1scc(-c2ccc(O)cc2O)n1N=Cc1c(F)cccc1F. The fraction of sp³-hybridized carbons (Fsp3) is 0.0588. The molecule has 0 atom stereocenters. The van der Waals surface area contributed by atoms with E-state index in [1.54, 1.807) is 12.4 Å². The summed E-state index contributed by atoms with van der Waals surface area (Å²) in [4.78, 5) is 4.54. The largest absolute Gasteiger partial charge is 0.508 e. The standard InChI is InChI=1S/C17H13F2N3O2S/c1-20-17-22(21-8-12-13(18)3-2-4-14(12)19)15(9-25-17)11-6-5-10(23)7-16(11)24/h2-9,23-24H,1H3. The molecule has 5 nitrogen and oxygen atoms in total. The van der Waals surface area contributed by atoms with Crippen LogP contribution in [-0.4, -0.2) is 28.2 Å². The van der Waals surface area contributed by atoms with Gasteiger partial charge in [-0.15, -0.1) is 11.3 Å². The zero-order valence-electron chi connectivity index (χ0n) is 13.0. The summed E-state index contributed by atoms with van der Waals surface area (Å²) in [7, 11) is 1.56. The van der Waals surface area contributed by atoms with Crippen LogP contribution in [-0.2, 0) is 0 Å². The molecule has 0 aliphatic heterocycles. The number of benzene rings is 2. The molecule has 2 aromatic carbocycles. The van der Waals surface area contributed by atoms with Crippen LogP contribution >= 0.6 is 11.3 Å². The van der Waals surface area contributed by atoms with E-state index in [9.17, 15) is 19.0 Å². The Labute approximate surface area is 145 Å². The van der Waals surface area contributed by atoms with E-state index in [0.29, 0.717) is 16.1 Å². The van der Waals surface area contributed by atoms with E-state index in [0.717, 1.165) is 18.3 Å². The van der Waals surface area contributed by atoms with E-state index in [2.05, 4.69) is 10.1 Å². The van der Waals surface area contributed by atoms with Crippen molar-refractivity contribution in [2.24, 2.45) is 10.1 Å². The molecule has 0 aliphatic rings. The molecule has 2 N–H and O–H groups in total. The number of aromatic nitrogens is 1. The predicted molar refractivity (Wildman–Crippen MR) is 91.9 cm³/mol. The minimum absolute atomic E-state index is 0.0830. The van der Waals surface area contributed by atoms with Gasteiger partial charge in [0, 0.05) is 24.1 Å². The number of hydrogen-bond acceptors (Lipinski definition) is 5. The van der Waals surface area contributed by atoms with Gasteiger partial charge in [0.15, 0.2) is 0 Å². The lowest BCUT2D eigenvalue weighted by atomic mass is 10.1. The number of thiazole rings is 1. The quantitative estimate of drug-likeness (QED) is 0.703. The van der Waals surface area contributed by atoms with Gasteiger partial charge in [-0.2, -0.15) is 5.10 Å². The monoisotopic (exact) mass is 361 g/mol. The molecule has 25 heavy (non-hydrogen) atoms. The second-order valence-electron chi connectivity index (χ2n) is 5.02. The Hall–Kier alpha value is -3.00. The number of phenolic OH excluding ortho intramolecular Hbond substituents is 2. The van der Waals surface area contributed by atoms with Crippen molar-refractivity contribution >= 4 is 17.6 Å². The Morgan fingerprint density at radius 3 is 2.48 bits per heavy atom. The van der Waals surface area contributed by atoms with Crippen LogP contribution in [0.25, 0.3) is 11.3 Å². The Morgan fingerprint density at radius 1 is 1.12 bits per heavy atom. The highest BCUT2D eigenvalue weighted by molar-refractivity contribution is 7.07. The van der Waals surface area contributed by atoms with Crippen molar-refractivity contribution < 1.29 is 19.0 Å². The van der Waals surface area contributed by atoms with Gasteiger partial charge >= 0.3 is 0 Å². The van der Waals surface area contributed by atoms with E-state index in [1.165, 1.54) is 40.3 Å². The number of aromatic hydroxyl groups is 2. The van der Waals surface area contributed by atoms with Gasteiger partial charge in [0.05, 0.1) is 17.5 Å². The maximum Gasteiger partial charge on any atom is 0.205 e. The van der Waals surface area contributed by atoms with Gasteiger partial charge < -0.3 is 10.2 Å². The van der Waals surface area contributed by atoms with Gasteiger partial charge in [-0.1, -0.05) is 6.07 Å². The van der Waals surface area contributed by atoms with Crippen molar-refractivity contribution in [2.75, 3.05) is 7.05 Å². The smallest absolute Gasteiger partial charge is 0.205 e. The third kappa shape index (κ3) is 3.29. The molecule has 0 radical (unpaired) electrons. The maximum absolute atomic E-state index is 13.8. The van der Waals surface area contributed by atoms with E-state index < -0.39 is 11.6 Å². The molecule has 0 aliphatic carbocycles.